The Hall–Kier alpha value is -3.54. The van der Waals surface area contributed by atoms with Gasteiger partial charge in [-0.05, 0) is 25.1 Å². The van der Waals surface area contributed by atoms with Gasteiger partial charge in [-0.25, -0.2) is 4.79 Å². The SMILES string of the molecule is COc1c(C(C)=O)c(OC(=O)c2ccccc2)c2cccc(OC)c2c1OC. The van der Waals surface area contributed by atoms with Crippen molar-refractivity contribution in [3.8, 4) is 23.0 Å². The summed E-state index contributed by atoms with van der Waals surface area (Å²) in [6.07, 6.45) is 0. The zero-order valence-corrected chi connectivity index (χ0v) is 16.1. The van der Waals surface area contributed by atoms with Gasteiger partial charge in [0.2, 0.25) is 0 Å². The third-order valence-corrected chi connectivity index (χ3v) is 4.34. The Kier molecular flexibility index (Phi) is 5.49. The molecule has 144 valence electrons. The number of hydrogen-bond acceptors (Lipinski definition) is 6. The van der Waals surface area contributed by atoms with Crippen molar-refractivity contribution in [1.29, 1.82) is 0 Å². The molecule has 0 amide bonds. The van der Waals surface area contributed by atoms with Crippen molar-refractivity contribution in [1.82, 2.24) is 0 Å². The van der Waals surface area contributed by atoms with E-state index in [1.807, 2.05) is 0 Å². The fraction of sp³-hybridized carbons (Fsp3) is 0.182. The summed E-state index contributed by atoms with van der Waals surface area (Å²) in [6.45, 7) is 1.38. The molecule has 0 spiro atoms. The standard InChI is InChI=1S/C22H20O6/c1-13(23)17-19(28-22(24)14-9-6-5-7-10-14)15-11-8-12-16(25-2)18(15)21(27-4)20(17)26-3/h5-12H,1-4H3. The highest BCUT2D eigenvalue weighted by Crippen LogP contribution is 2.49. The first-order valence-electron chi connectivity index (χ1n) is 8.56. The van der Waals surface area contributed by atoms with E-state index in [1.165, 1.54) is 28.3 Å². The number of ether oxygens (including phenoxy) is 4. The van der Waals surface area contributed by atoms with Gasteiger partial charge >= 0.3 is 5.97 Å². The minimum Gasteiger partial charge on any atom is -0.496 e. The number of methoxy groups -OCH3 is 3. The Balaban J connectivity index is 2.35. The van der Waals surface area contributed by atoms with Crippen LogP contribution in [0.4, 0.5) is 0 Å². The van der Waals surface area contributed by atoms with E-state index in [1.54, 1.807) is 48.5 Å². The summed E-state index contributed by atoms with van der Waals surface area (Å²) < 4.78 is 22.2. The third-order valence-electron chi connectivity index (χ3n) is 4.34. The number of hydrogen-bond donors (Lipinski definition) is 0. The van der Waals surface area contributed by atoms with Crippen LogP contribution in [0.3, 0.4) is 0 Å². The van der Waals surface area contributed by atoms with Gasteiger partial charge in [0.25, 0.3) is 0 Å². The van der Waals surface area contributed by atoms with Crippen molar-refractivity contribution < 1.29 is 28.5 Å². The smallest absolute Gasteiger partial charge is 0.343 e. The normalized spacial score (nSPS) is 10.4. The van der Waals surface area contributed by atoms with Gasteiger partial charge in [-0.1, -0.05) is 30.3 Å². The quantitative estimate of drug-likeness (QED) is 0.361. The van der Waals surface area contributed by atoms with Gasteiger partial charge in [-0.3, -0.25) is 4.79 Å². The lowest BCUT2D eigenvalue weighted by Gasteiger charge is -2.20. The van der Waals surface area contributed by atoms with Crippen molar-refractivity contribution in [2.75, 3.05) is 21.3 Å². The second-order valence-corrected chi connectivity index (χ2v) is 5.97. The highest BCUT2D eigenvalue weighted by Gasteiger charge is 2.28. The molecule has 28 heavy (non-hydrogen) atoms. The first kappa shape index (κ1) is 19.2. The second kappa shape index (κ2) is 8.00. The molecule has 0 aromatic heterocycles. The number of esters is 1. The molecule has 0 radical (unpaired) electrons. The molecule has 0 aliphatic carbocycles. The number of carbonyl (C=O) groups is 2. The molecule has 0 heterocycles. The second-order valence-electron chi connectivity index (χ2n) is 5.97. The van der Waals surface area contributed by atoms with Crippen LogP contribution in [0.5, 0.6) is 23.0 Å². The van der Waals surface area contributed by atoms with Crippen LogP contribution in [-0.4, -0.2) is 33.1 Å². The highest BCUT2D eigenvalue weighted by molar-refractivity contribution is 6.12. The van der Waals surface area contributed by atoms with Crippen LogP contribution in [0.25, 0.3) is 10.8 Å². The van der Waals surface area contributed by atoms with Gasteiger partial charge < -0.3 is 18.9 Å². The maximum atomic E-state index is 12.7. The number of rotatable bonds is 6. The van der Waals surface area contributed by atoms with E-state index < -0.39 is 5.97 Å². The van der Waals surface area contributed by atoms with Gasteiger partial charge in [-0.15, -0.1) is 0 Å². The molecule has 6 nitrogen and oxygen atoms in total. The van der Waals surface area contributed by atoms with Gasteiger partial charge in [0.1, 0.15) is 11.3 Å². The molecule has 0 aliphatic heterocycles. The van der Waals surface area contributed by atoms with Crippen molar-refractivity contribution in [3.05, 3.63) is 59.7 Å². The fourth-order valence-electron chi connectivity index (χ4n) is 3.13. The summed E-state index contributed by atoms with van der Waals surface area (Å²) in [5.41, 5.74) is 0.493. The number of carbonyl (C=O) groups excluding carboxylic acids is 2. The first-order valence-corrected chi connectivity index (χ1v) is 8.56. The predicted molar refractivity (Wildman–Crippen MR) is 105 cm³/mol. The number of ketones is 1. The van der Waals surface area contributed by atoms with Gasteiger partial charge in [0.05, 0.1) is 32.3 Å². The van der Waals surface area contributed by atoms with Crippen LogP contribution in [-0.2, 0) is 0 Å². The maximum Gasteiger partial charge on any atom is 0.343 e. The average Bonchev–Trinajstić information content (AvgIpc) is 2.72. The number of benzene rings is 3. The van der Waals surface area contributed by atoms with Crippen molar-refractivity contribution in [3.63, 3.8) is 0 Å². The molecular formula is C22H20O6. The van der Waals surface area contributed by atoms with Crippen LogP contribution in [0.1, 0.15) is 27.6 Å². The summed E-state index contributed by atoms with van der Waals surface area (Å²) >= 11 is 0. The van der Waals surface area contributed by atoms with Gasteiger partial charge in [-0.2, -0.15) is 0 Å². The topological polar surface area (TPSA) is 71.1 Å². The Bertz CT molecular complexity index is 1040. The molecule has 6 heteroatoms. The van der Waals surface area contributed by atoms with Crippen LogP contribution < -0.4 is 18.9 Å². The maximum absolute atomic E-state index is 12.7. The van der Waals surface area contributed by atoms with Gasteiger partial charge in [0, 0.05) is 5.39 Å². The van der Waals surface area contributed by atoms with E-state index in [0.717, 1.165) is 0 Å². The molecule has 0 saturated carbocycles. The number of Topliss-reactive ketones (excluding diaryl/α,β-unsaturated/α-hetero) is 1. The molecule has 0 aliphatic rings. The largest absolute Gasteiger partial charge is 0.496 e. The summed E-state index contributed by atoms with van der Waals surface area (Å²) in [5.74, 6) is 0.213. The molecule has 0 bridgehead atoms. The molecule has 3 aromatic rings. The molecule has 0 atom stereocenters. The summed E-state index contributed by atoms with van der Waals surface area (Å²) in [5, 5.41) is 1.05. The van der Waals surface area contributed by atoms with Crippen molar-refractivity contribution >= 4 is 22.5 Å². The van der Waals surface area contributed by atoms with Gasteiger partial charge in [0.15, 0.2) is 23.0 Å². The van der Waals surface area contributed by atoms with Crippen LogP contribution >= 0.6 is 0 Å². The first-order chi connectivity index (χ1) is 13.5. The molecule has 0 saturated heterocycles. The van der Waals surface area contributed by atoms with E-state index in [0.29, 0.717) is 27.8 Å². The zero-order valence-electron chi connectivity index (χ0n) is 16.1. The van der Waals surface area contributed by atoms with Crippen LogP contribution in [0.15, 0.2) is 48.5 Å². The minimum absolute atomic E-state index is 0.105. The lowest BCUT2D eigenvalue weighted by molar-refractivity contribution is 0.0734. The monoisotopic (exact) mass is 380 g/mol. The van der Waals surface area contributed by atoms with Crippen LogP contribution in [0, 0.1) is 0 Å². The third kappa shape index (κ3) is 3.24. The Morgan fingerprint density at radius 2 is 1.43 bits per heavy atom. The molecule has 0 N–H and O–H groups in total. The minimum atomic E-state index is -0.584. The number of fused-ring (bicyclic) bond motifs is 1. The van der Waals surface area contributed by atoms with E-state index in [-0.39, 0.29) is 22.8 Å². The van der Waals surface area contributed by atoms with Crippen molar-refractivity contribution in [2.24, 2.45) is 0 Å². The zero-order chi connectivity index (χ0) is 20.3. The molecule has 0 unspecified atom stereocenters. The molecular weight excluding hydrogens is 360 g/mol. The summed E-state index contributed by atoms with van der Waals surface area (Å²) in [4.78, 5) is 25.2. The van der Waals surface area contributed by atoms with E-state index in [9.17, 15) is 9.59 Å². The lowest BCUT2D eigenvalue weighted by Crippen LogP contribution is -2.13. The predicted octanol–water partition coefficient (Wildman–Crippen LogP) is 4.29. The fourth-order valence-corrected chi connectivity index (χ4v) is 3.13. The Morgan fingerprint density at radius 1 is 0.750 bits per heavy atom. The van der Waals surface area contributed by atoms with E-state index in [4.69, 9.17) is 18.9 Å². The molecule has 0 fully saturated rings. The van der Waals surface area contributed by atoms with E-state index in [2.05, 4.69) is 0 Å². The summed E-state index contributed by atoms with van der Waals surface area (Å²) in [6, 6.07) is 13.8. The van der Waals surface area contributed by atoms with Crippen molar-refractivity contribution in [2.45, 2.75) is 6.92 Å². The molecule has 3 aromatic carbocycles. The summed E-state index contributed by atoms with van der Waals surface area (Å²) in [7, 11) is 4.42. The Labute approximate surface area is 162 Å². The average molecular weight is 380 g/mol. The molecule has 3 rings (SSSR count). The van der Waals surface area contributed by atoms with Crippen LogP contribution in [0.2, 0.25) is 0 Å². The lowest BCUT2D eigenvalue weighted by atomic mass is 9.99. The highest BCUT2D eigenvalue weighted by atomic mass is 16.5. The van der Waals surface area contributed by atoms with E-state index >= 15 is 0 Å². The Morgan fingerprint density at radius 3 is 2.00 bits per heavy atom.